The molecule has 0 saturated carbocycles. The number of hydrogen-bond donors (Lipinski definition) is 1. The van der Waals surface area contributed by atoms with E-state index >= 15 is 0 Å². The Morgan fingerprint density at radius 1 is 1.10 bits per heavy atom. The first kappa shape index (κ1) is 16.0. The minimum atomic E-state index is 0.195. The first-order valence-electron chi connectivity index (χ1n) is 7.18. The molecule has 0 aliphatic heterocycles. The first-order valence-corrected chi connectivity index (χ1v) is 8.17. The summed E-state index contributed by atoms with van der Waals surface area (Å²) in [7, 11) is 1.99. The van der Waals surface area contributed by atoms with Crippen molar-refractivity contribution in [2.75, 3.05) is 12.8 Å². The largest absolute Gasteiger partial charge is 0.312 e. The van der Waals surface area contributed by atoms with Crippen LogP contribution in [0.15, 0.2) is 47.9 Å². The van der Waals surface area contributed by atoms with Crippen LogP contribution in [0, 0.1) is 0 Å². The Balaban J connectivity index is 2.04. The van der Waals surface area contributed by atoms with Crippen molar-refractivity contribution in [1.82, 2.24) is 15.3 Å². The molecular weight excluding hydrogens is 278 g/mol. The summed E-state index contributed by atoms with van der Waals surface area (Å²) in [5, 5.41) is 4.19. The van der Waals surface area contributed by atoms with Gasteiger partial charge in [0.15, 0.2) is 5.16 Å². The van der Waals surface area contributed by atoms with Crippen LogP contribution in [0.3, 0.4) is 0 Å². The van der Waals surface area contributed by atoms with Gasteiger partial charge in [-0.25, -0.2) is 9.97 Å². The lowest BCUT2D eigenvalue weighted by molar-refractivity contribution is 0.588. The van der Waals surface area contributed by atoms with Crippen molar-refractivity contribution in [3.05, 3.63) is 53.9 Å². The molecule has 0 saturated heterocycles. The average molecular weight is 301 g/mol. The Hall–Kier alpha value is -1.39. The second-order valence-electron chi connectivity index (χ2n) is 6.06. The highest BCUT2D eigenvalue weighted by Crippen LogP contribution is 2.26. The predicted molar refractivity (Wildman–Crippen MR) is 89.7 cm³/mol. The highest BCUT2D eigenvalue weighted by Gasteiger charge is 2.15. The molecule has 21 heavy (non-hydrogen) atoms. The summed E-state index contributed by atoms with van der Waals surface area (Å²) in [6.07, 6.45) is 3.56. The zero-order valence-corrected chi connectivity index (χ0v) is 13.9. The van der Waals surface area contributed by atoms with E-state index in [1.807, 2.05) is 13.1 Å². The van der Waals surface area contributed by atoms with Crippen LogP contribution >= 0.6 is 11.8 Å². The van der Waals surface area contributed by atoms with E-state index in [-0.39, 0.29) is 5.41 Å². The third-order valence-electron chi connectivity index (χ3n) is 3.45. The van der Waals surface area contributed by atoms with Gasteiger partial charge in [-0.05, 0) is 29.7 Å². The number of rotatable bonds is 5. The van der Waals surface area contributed by atoms with Crippen LogP contribution in [-0.2, 0) is 5.41 Å². The number of benzene rings is 1. The van der Waals surface area contributed by atoms with Gasteiger partial charge < -0.3 is 5.32 Å². The monoisotopic (exact) mass is 301 g/mol. The molecule has 1 aromatic heterocycles. The predicted octanol–water partition coefficient (Wildman–Crippen LogP) is 3.83. The van der Waals surface area contributed by atoms with Gasteiger partial charge in [-0.15, -0.1) is 0 Å². The molecule has 0 fully saturated rings. The normalized spacial score (nSPS) is 13.1. The zero-order chi connectivity index (χ0) is 15.3. The summed E-state index contributed by atoms with van der Waals surface area (Å²) >= 11 is 1.67. The van der Waals surface area contributed by atoms with Crippen LogP contribution in [0.4, 0.5) is 0 Å². The lowest BCUT2D eigenvalue weighted by atomic mass is 9.86. The summed E-state index contributed by atoms with van der Waals surface area (Å²) in [6.45, 7) is 6.71. The van der Waals surface area contributed by atoms with Crippen molar-refractivity contribution in [1.29, 1.82) is 0 Å². The minimum Gasteiger partial charge on any atom is -0.312 e. The smallest absolute Gasteiger partial charge is 0.187 e. The van der Waals surface area contributed by atoms with Crippen LogP contribution in [0.2, 0.25) is 0 Å². The van der Waals surface area contributed by atoms with Crippen molar-refractivity contribution in [3.8, 4) is 0 Å². The molecule has 1 atom stereocenters. The molecule has 0 radical (unpaired) electrons. The molecule has 2 rings (SSSR count). The highest BCUT2D eigenvalue weighted by atomic mass is 32.2. The van der Waals surface area contributed by atoms with Crippen LogP contribution in [-0.4, -0.2) is 22.8 Å². The average Bonchev–Trinajstić information content (AvgIpc) is 2.48. The van der Waals surface area contributed by atoms with Gasteiger partial charge in [0.25, 0.3) is 0 Å². The molecule has 4 heteroatoms. The van der Waals surface area contributed by atoms with E-state index in [1.165, 1.54) is 11.1 Å². The number of hydrogen-bond acceptors (Lipinski definition) is 4. The van der Waals surface area contributed by atoms with Gasteiger partial charge in [0.05, 0.1) is 0 Å². The maximum absolute atomic E-state index is 4.25. The van der Waals surface area contributed by atoms with Crippen molar-refractivity contribution in [2.24, 2.45) is 0 Å². The molecule has 2 aromatic rings. The Bertz CT molecular complexity index is 546. The molecule has 1 heterocycles. The van der Waals surface area contributed by atoms with Gasteiger partial charge in [0.2, 0.25) is 0 Å². The summed E-state index contributed by atoms with van der Waals surface area (Å²) in [4.78, 5) is 8.50. The molecule has 0 aliphatic carbocycles. The van der Waals surface area contributed by atoms with Gasteiger partial charge in [-0.2, -0.15) is 0 Å². The highest BCUT2D eigenvalue weighted by molar-refractivity contribution is 7.99. The molecule has 3 nitrogen and oxygen atoms in total. The van der Waals surface area contributed by atoms with Gasteiger partial charge in [-0.3, -0.25) is 0 Å². The standard InChI is InChI=1S/C17H23N3S/c1-17(2,3)14-8-6-13(7-9-14)15(18-4)12-21-16-19-10-5-11-20-16/h5-11,15,18H,12H2,1-4H3. The van der Waals surface area contributed by atoms with Crippen molar-refractivity contribution < 1.29 is 0 Å². The molecule has 0 amide bonds. The molecular formula is C17H23N3S. The van der Waals surface area contributed by atoms with Crippen LogP contribution in [0.1, 0.15) is 37.9 Å². The van der Waals surface area contributed by atoms with Gasteiger partial charge in [-0.1, -0.05) is 56.8 Å². The fraction of sp³-hybridized carbons (Fsp3) is 0.412. The third kappa shape index (κ3) is 4.55. The van der Waals surface area contributed by atoms with E-state index in [9.17, 15) is 0 Å². The lowest BCUT2D eigenvalue weighted by Gasteiger charge is -2.21. The zero-order valence-electron chi connectivity index (χ0n) is 13.1. The Morgan fingerprint density at radius 2 is 1.71 bits per heavy atom. The van der Waals surface area contributed by atoms with E-state index in [4.69, 9.17) is 0 Å². The first-order chi connectivity index (χ1) is 10.0. The van der Waals surface area contributed by atoms with Crippen LogP contribution in [0.5, 0.6) is 0 Å². The lowest BCUT2D eigenvalue weighted by Crippen LogP contribution is -2.19. The quantitative estimate of drug-likeness (QED) is 0.673. The second-order valence-corrected chi connectivity index (χ2v) is 7.04. The summed E-state index contributed by atoms with van der Waals surface area (Å²) < 4.78 is 0. The third-order valence-corrected chi connectivity index (χ3v) is 4.42. The summed E-state index contributed by atoms with van der Waals surface area (Å²) in [5.41, 5.74) is 2.86. The molecule has 112 valence electrons. The molecule has 1 N–H and O–H groups in total. The molecule has 0 bridgehead atoms. The number of thioether (sulfide) groups is 1. The summed E-state index contributed by atoms with van der Waals surface area (Å²) in [5.74, 6) is 0.912. The second kappa shape index (κ2) is 7.05. The van der Waals surface area contributed by atoms with Crippen molar-refractivity contribution in [2.45, 2.75) is 37.4 Å². The van der Waals surface area contributed by atoms with E-state index in [1.54, 1.807) is 24.2 Å². The Labute approximate surface area is 131 Å². The van der Waals surface area contributed by atoms with E-state index in [0.29, 0.717) is 6.04 Å². The Morgan fingerprint density at radius 3 is 2.24 bits per heavy atom. The molecule has 1 unspecified atom stereocenters. The maximum atomic E-state index is 4.25. The van der Waals surface area contributed by atoms with Crippen LogP contribution < -0.4 is 5.32 Å². The van der Waals surface area contributed by atoms with Crippen molar-refractivity contribution in [3.63, 3.8) is 0 Å². The Kier molecular flexibility index (Phi) is 5.37. The van der Waals surface area contributed by atoms with E-state index in [2.05, 4.69) is 60.3 Å². The van der Waals surface area contributed by atoms with E-state index in [0.717, 1.165) is 10.9 Å². The molecule has 1 aromatic carbocycles. The summed E-state index contributed by atoms with van der Waals surface area (Å²) in [6, 6.07) is 11.0. The van der Waals surface area contributed by atoms with Crippen molar-refractivity contribution >= 4 is 11.8 Å². The number of aromatic nitrogens is 2. The number of nitrogens with one attached hydrogen (secondary N) is 1. The van der Waals surface area contributed by atoms with Gasteiger partial charge in [0.1, 0.15) is 0 Å². The molecule has 0 aliphatic rings. The van der Waals surface area contributed by atoms with Crippen LogP contribution in [0.25, 0.3) is 0 Å². The maximum Gasteiger partial charge on any atom is 0.187 e. The topological polar surface area (TPSA) is 37.8 Å². The van der Waals surface area contributed by atoms with Gasteiger partial charge >= 0.3 is 0 Å². The number of nitrogens with zero attached hydrogens (tertiary/aromatic N) is 2. The SMILES string of the molecule is CNC(CSc1ncccn1)c1ccc(C(C)(C)C)cc1. The minimum absolute atomic E-state index is 0.195. The fourth-order valence-electron chi connectivity index (χ4n) is 2.08. The molecule has 0 spiro atoms. The van der Waals surface area contributed by atoms with Gasteiger partial charge in [0, 0.05) is 24.2 Å². The fourth-order valence-corrected chi connectivity index (χ4v) is 3.03. The van der Waals surface area contributed by atoms with E-state index < -0.39 is 0 Å².